The molecule has 0 aromatic heterocycles. The van der Waals surface area contributed by atoms with Gasteiger partial charge in [0, 0.05) is 23.8 Å². The Morgan fingerprint density at radius 2 is 1.71 bits per heavy atom. The highest BCUT2D eigenvalue weighted by molar-refractivity contribution is 5.96. The van der Waals surface area contributed by atoms with Crippen LogP contribution in [0.4, 0.5) is 5.69 Å². The van der Waals surface area contributed by atoms with Gasteiger partial charge in [-0.3, -0.25) is 30.6 Å². The van der Waals surface area contributed by atoms with E-state index in [0.717, 1.165) is 23.8 Å². The van der Waals surface area contributed by atoms with Gasteiger partial charge < -0.3 is 9.47 Å². The fraction of sp³-hybridized carbons (Fsp3) is 0.0952. The second kappa shape index (κ2) is 11.5. The molecule has 2 aromatic rings. The number of non-ortho nitro benzene ring substituents is 1. The molecule has 0 atom stereocenters. The molecule has 31 heavy (non-hydrogen) atoms. The monoisotopic (exact) mass is 425 g/mol. The lowest BCUT2D eigenvalue weighted by atomic mass is 10.2. The van der Waals surface area contributed by atoms with Crippen LogP contribution in [-0.2, 0) is 14.3 Å². The van der Waals surface area contributed by atoms with Crippen LogP contribution < -0.4 is 15.6 Å². The van der Waals surface area contributed by atoms with Gasteiger partial charge in [-0.15, -0.1) is 0 Å². The summed E-state index contributed by atoms with van der Waals surface area (Å²) in [6.07, 6.45) is 4.29. The molecule has 0 bridgehead atoms. The molecule has 0 aliphatic heterocycles. The number of ether oxygens (including phenoxy) is 2. The van der Waals surface area contributed by atoms with Gasteiger partial charge in [0.05, 0.1) is 4.92 Å². The van der Waals surface area contributed by atoms with Crippen molar-refractivity contribution in [2.24, 2.45) is 0 Å². The molecule has 0 heterocycles. The van der Waals surface area contributed by atoms with E-state index in [-0.39, 0.29) is 11.3 Å². The summed E-state index contributed by atoms with van der Waals surface area (Å²) in [7, 11) is 0. The Labute approximate surface area is 177 Å². The third-order valence-electron chi connectivity index (χ3n) is 3.66. The molecule has 2 aromatic carbocycles. The zero-order valence-electron chi connectivity index (χ0n) is 16.3. The highest BCUT2D eigenvalue weighted by Crippen LogP contribution is 2.13. The first kappa shape index (κ1) is 22.8. The van der Waals surface area contributed by atoms with Crippen molar-refractivity contribution in [1.29, 1.82) is 0 Å². The number of rotatable bonds is 9. The second-order valence-electron chi connectivity index (χ2n) is 5.92. The molecule has 2 amide bonds. The van der Waals surface area contributed by atoms with Crippen molar-refractivity contribution >= 4 is 29.5 Å². The van der Waals surface area contributed by atoms with E-state index in [0.29, 0.717) is 12.4 Å². The maximum Gasteiger partial charge on any atom is 0.331 e. The van der Waals surface area contributed by atoms with Gasteiger partial charge >= 0.3 is 5.97 Å². The number of hydrazine groups is 1. The van der Waals surface area contributed by atoms with E-state index in [1.165, 1.54) is 18.2 Å². The van der Waals surface area contributed by atoms with Gasteiger partial charge in [0.25, 0.3) is 17.5 Å². The van der Waals surface area contributed by atoms with Crippen LogP contribution >= 0.6 is 0 Å². The smallest absolute Gasteiger partial charge is 0.331 e. The number of carbonyl (C=O) groups is 3. The van der Waals surface area contributed by atoms with Crippen molar-refractivity contribution in [2.75, 3.05) is 13.2 Å². The lowest BCUT2D eigenvalue weighted by Gasteiger charge is -2.07. The van der Waals surface area contributed by atoms with E-state index >= 15 is 0 Å². The normalized spacial score (nSPS) is 10.2. The average molecular weight is 425 g/mol. The number of hydrogen-bond acceptors (Lipinski definition) is 7. The summed E-state index contributed by atoms with van der Waals surface area (Å²) in [6.45, 7) is 3.33. The molecule has 2 rings (SSSR count). The number of hydrogen-bond donors (Lipinski definition) is 2. The Bertz CT molecular complexity index is 983. The molecule has 0 unspecified atom stereocenters. The highest BCUT2D eigenvalue weighted by atomic mass is 16.6. The quantitative estimate of drug-likeness (QED) is 0.206. The summed E-state index contributed by atoms with van der Waals surface area (Å²) in [5, 5.41) is 10.6. The zero-order chi connectivity index (χ0) is 22.6. The molecule has 0 saturated carbocycles. The Morgan fingerprint density at radius 1 is 1.03 bits per heavy atom. The summed E-state index contributed by atoms with van der Waals surface area (Å²) >= 11 is 0. The summed E-state index contributed by atoms with van der Waals surface area (Å²) in [5.41, 5.74) is 4.85. The lowest BCUT2D eigenvalue weighted by molar-refractivity contribution is -0.384. The predicted molar refractivity (Wildman–Crippen MR) is 111 cm³/mol. The lowest BCUT2D eigenvalue weighted by Crippen LogP contribution is -2.43. The van der Waals surface area contributed by atoms with Crippen LogP contribution in [0.5, 0.6) is 5.75 Å². The van der Waals surface area contributed by atoms with Crippen LogP contribution in [0.25, 0.3) is 6.08 Å². The number of carbonyl (C=O) groups excluding carboxylic acids is 3. The molecular weight excluding hydrogens is 406 g/mol. The van der Waals surface area contributed by atoms with Crippen LogP contribution in [-0.4, -0.2) is 35.9 Å². The fourth-order valence-electron chi connectivity index (χ4n) is 2.15. The van der Waals surface area contributed by atoms with Gasteiger partial charge in [0.15, 0.2) is 6.61 Å². The van der Waals surface area contributed by atoms with Gasteiger partial charge in [-0.05, 0) is 35.9 Å². The third-order valence-corrected chi connectivity index (χ3v) is 3.66. The van der Waals surface area contributed by atoms with Crippen LogP contribution in [0.3, 0.4) is 0 Å². The van der Waals surface area contributed by atoms with Crippen molar-refractivity contribution in [3.63, 3.8) is 0 Å². The Hall–Kier alpha value is -4.47. The molecule has 10 nitrogen and oxygen atoms in total. The van der Waals surface area contributed by atoms with E-state index in [4.69, 9.17) is 9.47 Å². The van der Waals surface area contributed by atoms with Crippen LogP contribution in [0.15, 0.2) is 67.3 Å². The standard InChI is InChI=1S/C21H19N3O7/c1-2-13-30-18-10-3-15(4-11-18)5-12-20(26)31-14-19(25)22-23-21(27)16-6-8-17(9-7-16)24(28)29/h2-12H,1,13-14H2,(H,22,25)(H,23,27)/b12-5+. The SMILES string of the molecule is C=CCOc1ccc(/C=C/C(=O)OCC(=O)NNC(=O)c2ccc([N+](=O)[O-])cc2)cc1. The summed E-state index contributed by atoms with van der Waals surface area (Å²) in [5.74, 6) is -1.54. The first-order valence-corrected chi connectivity index (χ1v) is 8.91. The van der Waals surface area contributed by atoms with Gasteiger partial charge in [-0.25, -0.2) is 4.79 Å². The van der Waals surface area contributed by atoms with Crippen molar-refractivity contribution in [2.45, 2.75) is 0 Å². The van der Waals surface area contributed by atoms with Crippen LogP contribution in [0, 0.1) is 10.1 Å². The molecule has 0 aliphatic rings. The molecule has 10 heteroatoms. The second-order valence-corrected chi connectivity index (χ2v) is 5.92. The maximum absolute atomic E-state index is 11.9. The van der Waals surface area contributed by atoms with Gasteiger partial charge in [0.1, 0.15) is 12.4 Å². The Morgan fingerprint density at radius 3 is 2.32 bits per heavy atom. The Balaban J connectivity index is 1.73. The Kier molecular flexibility index (Phi) is 8.47. The fourth-order valence-corrected chi connectivity index (χ4v) is 2.15. The minimum Gasteiger partial charge on any atom is -0.490 e. The number of nitro groups is 1. The van der Waals surface area contributed by atoms with Crippen molar-refractivity contribution in [3.8, 4) is 5.75 Å². The van der Waals surface area contributed by atoms with E-state index in [2.05, 4.69) is 17.4 Å². The highest BCUT2D eigenvalue weighted by Gasteiger charge is 2.11. The first-order valence-electron chi connectivity index (χ1n) is 8.91. The van der Waals surface area contributed by atoms with Crippen molar-refractivity contribution in [1.82, 2.24) is 10.9 Å². The van der Waals surface area contributed by atoms with Crippen molar-refractivity contribution < 1.29 is 28.8 Å². The van der Waals surface area contributed by atoms with Gasteiger partial charge in [-0.2, -0.15) is 0 Å². The molecule has 0 aliphatic carbocycles. The van der Waals surface area contributed by atoms with Crippen molar-refractivity contribution in [3.05, 3.63) is 88.5 Å². The average Bonchev–Trinajstić information content (AvgIpc) is 2.79. The van der Waals surface area contributed by atoms with Gasteiger partial charge in [-0.1, -0.05) is 24.8 Å². The molecule has 0 radical (unpaired) electrons. The molecule has 0 spiro atoms. The zero-order valence-corrected chi connectivity index (χ0v) is 16.3. The number of nitro benzene ring substituents is 1. The number of nitrogens with zero attached hydrogens (tertiary/aromatic N) is 1. The minimum atomic E-state index is -0.763. The number of esters is 1. The molecule has 0 saturated heterocycles. The summed E-state index contributed by atoms with van der Waals surface area (Å²) in [6, 6.07) is 11.7. The predicted octanol–water partition coefficient (Wildman–Crippen LogP) is 2.18. The van der Waals surface area contributed by atoms with Crippen LogP contribution in [0.1, 0.15) is 15.9 Å². The topological polar surface area (TPSA) is 137 Å². The van der Waals surface area contributed by atoms with E-state index in [9.17, 15) is 24.5 Å². The summed E-state index contributed by atoms with van der Waals surface area (Å²) < 4.78 is 10.1. The minimum absolute atomic E-state index is 0.103. The number of nitrogens with one attached hydrogen (secondary N) is 2. The first-order chi connectivity index (χ1) is 14.9. The number of amides is 2. The molecule has 0 fully saturated rings. The third kappa shape index (κ3) is 7.81. The largest absolute Gasteiger partial charge is 0.490 e. The van der Waals surface area contributed by atoms with E-state index in [1.54, 1.807) is 30.3 Å². The van der Waals surface area contributed by atoms with E-state index < -0.39 is 29.3 Å². The molecular formula is C21H19N3O7. The maximum atomic E-state index is 11.9. The molecule has 2 N–H and O–H groups in total. The van der Waals surface area contributed by atoms with Crippen LogP contribution in [0.2, 0.25) is 0 Å². The van der Waals surface area contributed by atoms with E-state index in [1.807, 2.05) is 0 Å². The number of benzene rings is 2. The summed E-state index contributed by atoms with van der Waals surface area (Å²) in [4.78, 5) is 45.3. The van der Waals surface area contributed by atoms with Gasteiger partial charge in [0.2, 0.25) is 0 Å². The molecule has 160 valence electrons.